The number of rotatable bonds is 7. The number of aryl methyl sites for hydroxylation is 1. The fraction of sp³-hybridized carbons (Fsp3) is 0.636. The maximum Gasteiger partial charge on any atom is 0.225 e. The number of hydrogen-bond acceptors (Lipinski definition) is 2. The quantitative estimate of drug-likeness (QED) is 0.598. The van der Waals surface area contributed by atoms with Crippen LogP contribution in [0.2, 0.25) is 0 Å². The van der Waals surface area contributed by atoms with Crippen LogP contribution in [0.15, 0.2) is 6.07 Å². The predicted octanol–water partition coefficient (Wildman–Crippen LogP) is 2.87. The van der Waals surface area contributed by atoms with E-state index in [0.29, 0.717) is 12.2 Å². The van der Waals surface area contributed by atoms with Crippen LogP contribution in [-0.4, -0.2) is 21.4 Å². The summed E-state index contributed by atoms with van der Waals surface area (Å²) in [6, 6.07) is 1.89. The molecule has 1 rings (SSSR count). The van der Waals surface area contributed by atoms with E-state index in [1.165, 1.54) is 0 Å². The maximum absolute atomic E-state index is 11.5. The lowest BCUT2D eigenvalue weighted by Gasteiger charge is -1.99. The Kier molecular flexibility index (Phi) is 6.15. The number of nitrogens with one attached hydrogen (secondary N) is 2. The number of anilines is 1. The molecule has 0 saturated heterocycles. The smallest absolute Gasteiger partial charge is 0.225 e. The first-order valence-electron chi connectivity index (χ1n) is 5.66. The van der Waals surface area contributed by atoms with Gasteiger partial charge in [-0.2, -0.15) is 5.10 Å². The van der Waals surface area contributed by atoms with Crippen molar-refractivity contribution in [2.75, 3.05) is 10.6 Å². The first-order valence-corrected chi connectivity index (χ1v) is 6.78. The van der Waals surface area contributed by atoms with Gasteiger partial charge in [0.1, 0.15) is 0 Å². The lowest BCUT2D eigenvalue weighted by molar-refractivity contribution is -0.116. The Morgan fingerprint density at radius 2 is 2.38 bits per heavy atom. The number of carbonyl (C=O) groups excluding carboxylic acids is 1. The van der Waals surface area contributed by atoms with Crippen molar-refractivity contribution in [1.82, 2.24) is 10.2 Å². The van der Waals surface area contributed by atoms with Gasteiger partial charge in [-0.25, -0.2) is 0 Å². The van der Waals surface area contributed by atoms with E-state index in [2.05, 4.69) is 38.4 Å². The molecule has 0 aliphatic rings. The largest absolute Gasteiger partial charge is 0.309 e. The molecule has 0 fully saturated rings. The van der Waals surface area contributed by atoms with Crippen LogP contribution in [-0.2, 0) is 11.2 Å². The zero-order valence-corrected chi connectivity index (χ0v) is 11.1. The molecule has 0 unspecified atom stereocenters. The van der Waals surface area contributed by atoms with Gasteiger partial charge in [0, 0.05) is 23.5 Å². The van der Waals surface area contributed by atoms with Crippen LogP contribution >= 0.6 is 15.9 Å². The van der Waals surface area contributed by atoms with E-state index in [1.807, 2.05) is 6.07 Å². The van der Waals surface area contributed by atoms with Gasteiger partial charge in [0.2, 0.25) is 5.91 Å². The van der Waals surface area contributed by atoms with Gasteiger partial charge in [-0.3, -0.25) is 9.89 Å². The third-order valence-electron chi connectivity index (χ3n) is 2.21. The summed E-state index contributed by atoms with van der Waals surface area (Å²) in [6.45, 7) is 2.11. The van der Waals surface area contributed by atoms with Crippen molar-refractivity contribution in [3.8, 4) is 0 Å². The second-order valence-corrected chi connectivity index (χ2v) is 4.52. The monoisotopic (exact) mass is 287 g/mol. The highest BCUT2D eigenvalue weighted by atomic mass is 79.9. The van der Waals surface area contributed by atoms with Crippen LogP contribution < -0.4 is 5.32 Å². The Labute approximate surface area is 104 Å². The highest BCUT2D eigenvalue weighted by molar-refractivity contribution is 9.09. The predicted molar refractivity (Wildman–Crippen MR) is 68.9 cm³/mol. The van der Waals surface area contributed by atoms with Crippen LogP contribution in [0.3, 0.4) is 0 Å². The molecule has 1 heterocycles. The molecule has 1 aromatic heterocycles. The number of carbonyl (C=O) groups is 1. The minimum atomic E-state index is 0.0375. The first-order chi connectivity index (χ1) is 7.76. The van der Waals surface area contributed by atoms with Gasteiger partial charge in [0.15, 0.2) is 5.82 Å². The number of H-pyrrole nitrogens is 1. The number of nitrogens with zero attached hydrogens (tertiary/aromatic N) is 1. The summed E-state index contributed by atoms with van der Waals surface area (Å²) in [6.07, 6.45) is 4.52. The van der Waals surface area contributed by atoms with Gasteiger partial charge in [-0.1, -0.05) is 29.3 Å². The van der Waals surface area contributed by atoms with Gasteiger partial charge in [0.05, 0.1) is 0 Å². The molecule has 0 radical (unpaired) electrons. The Balaban J connectivity index is 2.31. The van der Waals surface area contributed by atoms with Crippen molar-refractivity contribution in [3.05, 3.63) is 11.8 Å². The van der Waals surface area contributed by atoms with Gasteiger partial charge in [0.25, 0.3) is 0 Å². The average Bonchev–Trinajstić information content (AvgIpc) is 2.66. The Morgan fingerprint density at radius 1 is 1.56 bits per heavy atom. The van der Waals surface area contributed by atoms with Gasteiger partial charge < -0.3 is 5.32 Å². The Bertz CT molecular complexity index is 325. The van der Waals surface area contributed by atoms with Crippen molar-refractivity contribution < 1.29 is 4.79 Å². The summed E-state index contributed by atoms with van der Waals surface area (Å²) < 4.78 is 0. The lowest BCUT2D eigenvalue weighted by atomic mass is 10.2. The summed E-state index contributed by atoms with van der Waals surface area (Å²) >= 11 is 3.34. The van der Waals surface area contributed by atoms with Crippen molar-refractivity contribution in [1.29, 1.82) is 0 Å². The summed E-state index contributed by atoms with van der Waals surface area (Å²) in [4.78, 5) is 11.5. The molecule has 0 aliphatic heterocycles. The molecule has 16 heavy (non-hydrogen) atoms. The van der Waals surface area contributed by atoms with E-state index in [1.54, 1.807) is 0 Å². The minimum absolute atomic E-state index is 0.0375. The summed E-state index contributed by atoms with van der Waals surface area (Å²) in [7, 11) is 0. The fourth-order valence-corrected chi connectivity index (χ4v) is 1.80. The number of halogens is 1. The van der Waals surface area contributed by atoms with E-state index < -0.39 is 0 Å². The lowest BCUT2D eigenvalue weighted by Crippen LogP contribution is -2.11. The molecule has 0 bridgehead atoms. The van der Waals surface area contributed by atoms with E-state index >= 15 is 0 Å². The second-order valence-electron chi connectivity index (χ2n) is 3.72. The third-order valence-corrected chi connectivity index (χ3v) is 2.77. The molecule has 2 N–H and O–H groups in total. The molecule has 0 atom stereocenters. The van der Waals surface area contributed by atoms with Gasteiger partial charge in [-0.15, -0.1) is 0 Å². The number of aromatic nitrogens is 2. The molecule has 0 aromatic carbocycles. The summed E-state index contributed by atoms with van der Waals surface area (Å²) in [5.74, 6) is 0.669. The first kappa shape index (κ1) is 13.2. The molecular weight excluding hydrogens is 270 g/mol. The van der Waals surface area contributed by atoms with Crippen molar-refractivity contribution >= 4 is 27.7 Å². The number of aromatic amines is 1. The van der Waals surface area contributed by atoms with Crippen molar-refractivity contribution in [2.24, 2.45) is 0 Å². The zero-order chi connectivity index (χ0) is 11.8. The maximum atomic E-state index is 11.5. The Morgan fingerprint density at radius 3 is 3.06 bits per heavy atom. The highest BCUT2D eigenvalue weighted by Crippen LogP contribution is 2.08. The van der Waals surface area contributed by atoms with E-state index in [9.17, 15) is 4.79 Å². The summed E-state index contributed by atoms with van der Waals surface area (Å²) in [5, 5.41) is 10.7. The van der Waals surface area contributed by atoms with E-state index in [-0.39, 0.29) is 5.91 Å². The van der Waals surface area contributed by atoms with Gasteiger partial charge in [-0.05, 0) is 19.3 Å². The molecule has 4 nitrogen and oxygen atoms in total. The van der Waals surface area contributed by atoms with Crippen LogP contribution in [0, 0.1) is 0 Å². The fourth-order valence-electron chi connectivity index (χ4n) is 1.41. The zero-order valence-electron chi connectivity index (χ0n) is 9.55. The SMILES string of the molecule is CCCc1cc(NC(=O)CCCCBr)n[nH]1. The molecule has 1 aromatic rings. The standard InChI is InChI=1S/C11H18BrN3O/c1-2-5-9-8-10(15-14-9)13-11(16)6-3-4-7-12/h8H,2-7H2,1H3,(H2,13,14,15,16). The van der Waals surface area contributed by atoms with E-state index in [0.717, 1.165) is 36.7 Å². The second kappa shape index (κ2) is 7.44. The Hall–Kier alpha value is -0.840. The van der Waals surface area contributed by atoms with Gasteiger partial charge >= 0.3 is 0 Å². The topological polar surface area (TPSA) is 57.8 Å². The average molecular weight is 288 g/mol. The molecule has 90 valence electrons. The highest BCUT2D eigenvalue weighted by Gasteiger charge is 2.05. The summed E-state index contributed by atoms with van der Waals surface area (Å²) in [5.41, 5.74) is 1.07. The van der Waals surface area contributed by atoms with Crippen molar-refractivity contribution in [3.63, 3.8) is 0 Å². The molecule has 5 heteroatoms. The van der Waals surface area contributed by atoms with E-state index in [4.69, 9.17) is 0 Å². The molecule has 0 saturated carbocycles. The molecular formula is C11H18BrN3O. The van der Waals surface area contributed by atoms with Crippen LogP contribution in [0.25, 0.3) is 0 Å². The van der Waals surface area contributed by atoms with Crippen LogP contribution in [0.5, 0.6) is 0 Å². The number of hydrogen-bond donors (Lipinski definition) is 2. The van der Waals surface area contributed by atoms with Crippen LogP contribution in [0.1, 0.15) is 38.3 Å². The number of unbranched alkanes of at least 4 members (excludes halogenated alkanes) is 1. The molecule has 0 aliphatic carbocycles. The van der Waals surface area contributed by atoms with Crippen molar-refractivity contribution in [2.45, 2.75) is 39.0 Å². The number of amides is 1. The number of alkyl halides is 1. The minimum Gasteiger partial charge on any atom is -0.309 e. The molecule has 1 amide bonds. The molecule has 0 spiro atoms. The van der Waals surface area contributed by atoms with Crippen LogP contribution in [0.4, 0.5) is 5.82 Å². The third kappa shape index (κ3) is 4.79. The normalized spacial score (nSPS) is 10.4.